The smallest absolute Gasteiger partial charge is 0.239 e. The predicted molar refractivity (Wildman–Crippen MR) is 76.1 cm³/mol. The van der Waals surface area contributed by atoms with E-state index in [2.05, 4.69) is 16.9 Å². The quantitative estimate of drug-likeness (QED) is 0.838. The molecule has 0 aliphatic heterocycles. The van der Waals surface area contributed by atoms with Crippen LogP contribution in [0, 0.1) is 0 Å². The van der Waals surface area contributed by atoms with Gasteiger partial charge in [0, 0.05) is 13.6 Å². The van der Waals surface area contributed by atoms with Gasteiger partial charge in [-0.15, -0.1) is 6.58 Å². The van der Waals surface area contributed by atoms with Gasteiger partial charge in [0.1, 0.15) is 0 Å². The van der Waals surface area contributed by atoms with Gasteiger partial charge in [0.2, 0.25) is 5.91 Å². The van der Waals surface area contributed by atoms with Crippen molar-refractivity contribution in [1.82, 2.24) is 10.3 Å². The van der Waals surface area contributed by atoms with Crippen molar-refractivity contribution in [2.45, 2.75) is 0 Å². The Hall–Kier alpha value is -1.88. The van der Waals surface area contributed by atoms with Crippen molar-refractivity contribution in [2.24, 2.45) is 0 Å². The Balaban J connectivity index is 2.06. The van der Waals surface area contributed by atoms with Crippen molar-refractivity contribution >= 4 is 32.6 Å². The van der Waals surface area contributed by atoms with Crippen LogP contribution in [0.3, 0.4) is 0 Å². The number of hydrogen-bond donors (Lipinski definition) is 1. The van der Waals surface area contributed by atoms with E-state index in [1.165, 1.54) is 0 Å². The van der Waals surface area contributed by atoms with Gasteiger partial charge in [-0.3, -0.25) is 4.79 Å². The Kier molecular flexibility index (Phi) is 3.94. The molecule has 94 valence electrons. The van der Waals surface area contributed by atoms with Gasteiger partial charge < -0.3 is 10.2 Å². The minimum Gasteiger partial charge on any atom is -0.351 e. The fourth-order valence-electron chi connectivity index (χ4n) is 1.55. The van der Waals surface area contributed by atoms with Gasteiger partial charge in [-0.1, -0.05) is 29.5 Å². The summed E-state index contributed by atoms with van der Waals surface area (Å²) < 4.78 is 1.13. The number of carbonyl (C=O) groups is 1. The molecule has 1 aromatic heterocycles. The van der Waals surface area contributed by atoms with E-state index in [9.17, 15) is 4.79 Å². The lowest BCUT2D eigenvalue weighted by Crippen LogP contribution is -2.35. The summed E-state index contributed by atoms with van der Waals surface area (Å²) in [7, 11) is 1.87. The summed E-state index contributed by atoms with van der Waals surface area (Å²) in [5, 5.41) is 3.60. The first-order valence-electron chi connectivity index (χ1n) is 5.65. The maximum absolute atomic E-state index is 11.6. The van der Waals surface area contributed by atoms with Crippen molar-refractivity contribution in [1.29, 1.82) is 0 Å². The fourth-order valence-corrected chi connectivity index (χ4v) is 2.47. The number of fused-ring (bicyclic) bond motifs is 1. The molecule has 0 saturated heterocycles. The third-order valence-electron chi connectivity index (χ3n) is 2.43. The molecular weight excluding hydrogens is 246 g/mol. The van der Waals surface area contributed by atoms with Gasteiger partial charge in [-0.05, 0) is 12.1 Å². The van der Waals surface area contributed by atoms with Crippen LogP contribution >= 0.6 is 11.3 Å². The number of para-hydroxylation sites is 1. The molecule has 0 atom stereocenters. The Bertz CT molecular complexity index is 531. The number of rotatable bonds is 5. The van der Waals surface area contributed by atoms with Crippen molar-refractivity contribution < 1.29 is 4.79 Å². The summed E-state index contributed by atoms with van der Waals surface area (Å²) in [5.74, 6) is -0.0309. The first-order valence-corrected chi connectivity index (χ1v) is 6.46. The third kappa shape index (κ3) is 2.87. The molecule has 2 aromatic rings. The van der Waals surface area contributed by atoms with Crippen LogP contribution in [0.1, 0.15) is 0 Å². The zero-order valence-corrected chi connectivity index (χ0v) is 11.0. The molecule has 0 fully saturated rings. The molecule has 18 heavy (non-hydrogen) atoms. The SMILES string of the molecule is C=CCNC(=O)CN(C)c1nc2ccccc2s1. The number of aromatic nitrogens is 1. The second kappa shape index (κ2) is 5.64. The van der Waals surface area contributed by atoms with Gasteiger partial charge in [-0.2, -0.15) is 0 Å². The molecule has 0 bridgehead atoms. The summed E-state index contributed by atoms with van der Waals surface area (Å²) >= 11 is 1.59. The Morgan fingerprint density at radius 2 is 2.33 bits per heavy atom. The Morgan fingerprint density at radius 3 is 3.06 bits per heavy atom. The van der Waals surface area contributed by atoms with Crippen molar-refractivity contribution in [2.75, 3.05) is 25.0 Å². The average molecular weight is 261 g/mol. The van der Waals surface area contributed by atoms with Crippen LogP contribution < -0.4 is 10.2 Å². The van der Waals surface area contributed by atoms with E-state index in [1.807, 2.05) is 36.2 Å². The van der Waals surface area contributed by atoms with E-state index in [0.717, 1.165) is 15.3 Å². The lowest BCUT2D eigenvalue weighted by molar-refractivity contribution is -0.119. The van der Waals surface area contributed by atoms with Crippen LogP contribution in [-0.2, 0) is 4.79 Å². The predicted octanol–water partition coefficient (Wildman–Crippen LogP) is 2.03. The lowest BCUT2D eigenvalue weighted by atomic mass is 10.3. The number of benzene rings is 1. The van der Waals surface area contributed by atoms with Gasteiger partial charge in [0.25, 0.3) is 0 Å². The number of anilines is 1. The highest BCUT2D eigenvalue weighted by atomic mass is 32.1. The minimum atomic E-state index is -0.0309. The van der Waals surface area contributed by atoms with Gasteiger partial charge in [0.05, 0.1) is 16.8 Å². The maximum Gasteiger partial charge on any atom is 0.239 e. The Morgan fingerprint density at radius 1 is 1.56 bits per heavy atom. The molecule has 2 rings (SSSR count). The standard InChI is InChI=1S/C13H15N3OS/c1-3-8-14-12(17)9-16(2)13-15-10-6-4-5-7-11(10)18-13/h3-7H,1,8-9H2,2H3,(H,14,17). The van der Waals surface area contributed by atoms with Crippen molar-refractivity contribution in [3.8, 4) is 0 Å². The zero-order valence-electron chi connectivity index (χ0n) is 10.2. The van der Waals surface area contributed by atoms with Crippen LogP contribution in [0.5, 0.6) is 0 Å². The molecule has 5 heteroatoms. The van der Waals surface area contributed by atoms with Gasteiger partial charge in [0.15, 0.2) is 5.13 Å². The molecule has 0 unspecified atom stereocenters. The van der Waals surface area contributed by atoms with E-state index in [4.69, 9.17) is 0 Å². The molecule has 1 heterocycles. The highest BCUT2D eigenvalue weighted by Crippen LogP contribution is 2.27. The van der Waals surface area contributed by atoms with E-state index in [-0.39, 0.29) is 5.91 Å². The largest absolute Gasteiger partial charge is 0.351 e. The molecule has 0 radical (unpaired) electrons. The van der Waals surface area contributed by atoms with Crippen LogP contribution in [0.25, 0.3) is 10.2 Å². The number of nitrogens with zero attached hydrogens (tertiary/aromatic N) is 2. The highest BCUT2D eigenvalue weighted by Gasteiger charge is 2.11. The zero-order chi connectivity index (χ0) is 13.0. The van der Waals surface area contributed by atoms with Crippen molar-refractivity contribution in [3.63, 3.8) is 0 Å². The highest BCUT2D eigenvalue weighted by molar-refractivity contribution is 7.22. The molecular formula is C13H15N3OS. The van der Waals surface area contributed by atoms with Crippen LogP contribution in [0.4, 0.5) is 5.13 Å². The lowest BCUT2D eigenvalue weighted by Gasteiger charge is -2.14. The molecule has 0 aliphatic carbocycles. The molecule has 0 saturated carbocycles. The topological polar surface area (TPSA) is 45.2 Å². The van der Waals surface area contributed by atoms with E-state index < -0.39 is 0 Å². The first-order chi connectivity index (χ1) is 8.70. The number of nitrogens with one attached hydrogen (secondary N) is 1. The van der Waals surface area contributed by atoms with Gasteiger partial charge >= 0.3 is 0 Å². The summed E-state index contributed by atoms with van der Waals surface area (Å²) in [6.07, 6.45) is 1.66. The van der Waals surface area contributed by atoms with E-state index in [1.54, 1.807) is 17.4 Å². The van der Waals surface area contributed by atoms with E-state index in [0.29, 0.717) is 13.1 Å². The summed E-state index contributed by atoms with van der Waals surface area (Å²) in [4.78, 5) is 17.9. The maximum atomic E-state index is 11.6. The second-order valence-electron chi connectivity index (χ2n) is 3.91. The molecule has 1 N–H and O–H groups in total. The van der Waals surface area contributed by atoms with Crippen LogP contribution in [0.2, 0.25) is 0 Å². The van der Waals surface area contributed by atoms with Crippen LogP contribution in [-0.4, -0.2) is 31.0 Å². The number of likely N-dealkylation sites (N-methyl/N-ethyl adjacent to an activating group) is 1. The monoisotopic (exact) mass is 261 g/mol. The summed E-state index contributed by atoms with van der Waals surface area (Å²) in [5.41, 5.74) is 0.968. The van der Waals surface area contributed by atoms with Crippen molar-refractivity contribution in [3.05, 3.63) is 36.9 Å². The second-order valence-corrected chi connectivity index (χ2v) is 4.92. The number of thiazole rings is 1. The normalized spacial score (nSPS) is 10.3. The van der Waals surface area contributed by atoms with E-state index >= 15 is 0 Å². The number of carbonyl (C=O) groups excluding carboxylic acids is 1. The van der Waals surface area contributed by atoms with Crippen LogP contribution in [0.15, 0.2) is 36.9 Å². The molecule has 4 nitrogen and oxygen atoms in total. The Labute approximate surface area is 110 Å². The molecule has 0 spiro atoms. The summed E-state index contributed by atoms with van der Waals surface area (Å²) in [6.45, 7) is 4.35. The summed E-state index contributed by atoms with van der Waals surface area (Å²) in [6, 6.07) is 7.95. The molecule has 1 amide bonds. The number of hydrogen-bond acceptors (Lipinski definition) is 4. The van der Waals surface area contributed by atoms with Gasteiger partial charge in [-0.25, -0.2) is 4.98 Å². The minimum absolute atomic E-state index is 0.0309. The number of amides is 1. The molecule has 0 aliphatic rings. The average Bonchev–Trinajstić information content (AvgIpc) is 2.80. The third-order valence-corrected chi connectivity index (χ3v) is 3.58. The first kappa shape index (κ1) is 12.6. The fraction of sp³-hybridized carbons (Fsp3) is 0.231. The molecule has 1 aromatic carbocycles.